The number of nitrogens with one attached hydrogen (secondary N) is 2. The normalized spacial score (nSPS) is 24.6. The number of carbonyl (C=O) groups is 2. The molecule has 38 heavy (non-hydrogen) atoms. The SMILES string of the molecule is CC(C)(C)OC(=O)N[C@@H](CN1CCC(N[C@@H]2C[C@H]2c2ccccc2)CC1)C(=O)N1CCN(S(C)(=O)=O)CC1. The largest absolute Gasteiger partial charge is 0.444 e. The van der Waals surface area contributed by atoms with E-state index in [9.17, 15) is 18.0 Å². The van der Waals surface area contributed by atoms with Gasteiger partial charge in [-0.3, -0.25) is 4.79 Å². The number of sulfonamides is 1. The van der Waals surface area contributed by atoms with Crippen LogP contribution in [0.1, 0.15) is 51.5 Å². The summed E-state index contributed by atoms with van der Waals surface area (Å²) in [5.74, 6) is 0.394. The number of piperidine rings is 1. The summed E-state index contributed by atoms with van der Waals surface area (Å²) in [6, 6.07) is 10.9. The Balaban J connectivity index is 1.30. The van der Waals surface area contributed by atoms with Crippen molar-refractivity contribution < 1.29 is 22.7 Å². The van der Waals surface area contributed by atoms with Crippen LogP contribution in [0.15, 0.2) is 30.3 Å². The summed E-state index contributed by atoms with van der Waals surface area (Å²) in [5.41, 5.74) is 0.720. The maximum absolute atomic E-state index is 13.5. The number of likely N-dealkylation sites (tertiary alicyclic amines) is 1. The third-order valence-corrected chi connectivity index (χ3v) is 8.81. The van der Waals surface area contributed by atoms with Crippen LogP contribution in [0.5, 0.6) is 0 Å². The fourth-order valence-electron chi connectivity index (χ4n) is 5.39. The molecule has 0 radical (unpaired) electrons. The zero-order valence-corrected chi connectivity index (χ0v) is 23.9. The highest BCUT2D eigenvalue weighted by Gasteiger charge is 2.40. The number of benzene rings is 1. The summed E-state index contributed by atoms with van der Waals surface area (Å²) < 4.78 is 30.5. The third-order valence-electron chi connectivity index (χ3n) is 7.50. The predicted octanol–water partition coefficient (Wildman–Crippen LogP) is 1.59. The average Bonchev–Trinajstić information content (AvgIpc) is 3.62. The molecule has 1 saturated carbocycles. The molecule has 1 aliphatic carbocycles. The van der Waals surface area contributed by atoms with Crippen molar-refractivity contribution >= 4 is 22.0 Å². The molecule has 0 aromatic heterocycles. The van der Waals surface area contributed by atoms with Gasteiger partial charge in [-0.1, -0.05) is 30.3 Å². The van der Waals surface area contributed by atoms with Crippen LogP contribution in [0.4, 0.5) is 4.79 Å². The number of nitrogens with zero attached hydrogens (tertiary/aromatic N) is 3. The smallest absolute Gasteiger partial charge is 0.408 e. The van der Waals surface area contributed by atoms with Gasteiger partial charge in [-0.25, -0.2) is 13.2 Å². The molecular formula is C27H43N5O5S. The second kappa shape index (κ2) is 11.9. The van der Waals surface area contributed by atoms with Crippen LogP contribution in [0.25, 0.3) is 0 Å². The summed E-state index contributed by atoms with van der Waals surface area (Å²) in [6.07, 6.45) is 3.70. The molecule has 1 aromatic rings. The molecule has 2 amide bonds. The zero-order chi connectivity index (χ0) is 27.5. The maximum atomic E-state index is 13.5. The van der Waals surface area contributed by atoms with E-state index in [1.165, 1.54) is 22.5 Å². The molecule has 3 fully saturated rings. The van der Waals surface area contributed by atoms with Crippen molar-refractivity contribution in [3.8, 4) is 0 Å². The number of rotatable bonds is 8. The van der Waals surface area contributed by atoms with Gasteiger partial charge in [0.2, 0.25) is 15.9 Å². The molecule has 0 spiro atoms. The third kappa shape index (κ3) is 8.14. The Hall–Kier alpha value is -2.21. The second-order valence-corrected chi connectivity index (χ2v) is 13.8. The molecule has 1 aromatic carbocycles. The van der Waals surface area contributed by atoms with Gasteiger partial charge in [0, 0.05) is 50.7 Å². The van der Waals surface area contributed by atoms with Crippen molar-refractivity contribution in [1.82, 2.24) is 24.7 Å². The first-order valence-corrected chi connectivity index (χ1v) is 15.5. The van der Waals surface area contributed by atoms with Crippen LogP contribution in [0.2, 0.25) is 0 Å². The molecule has 2 heterocycles. The minimum Gasteiger partial charge on any atom is -0.444 e. The maximum Gasteiger partial charge on any atom is 0.408 e. The van der Waals surface area contributed by atoms with Crippen molar-refractivity contribution in [3.05, 3.63) is 35.9 Å². The number of hydrogen-bond acceptors (Lipinski definition) is 7. The quantitative estimate of drug-likeness (QED) is 0.507. The average molecular weight is 550 g/mol. The number of hydrogen-bond donors (Lipinski definition) is 2. The van der Waals surface area contributed by atoms with Gasteiger partial charge in [-0.05, 0) is 58.7 Å². The first-order valence-electron chi connectivity index (χ1n) is 13.7. The van der Waals surface area contributed by atoms with Crippen molar-refractivity contribution in [2.75, 3.05) is 52.1 Å². The molecule has 10 nitrogen and oxygen atoms in total. The van der Waals surface area contributed by atoms with Gasteiger partial charge in [0.05, 0.1) is 6.26 Å². The fraction of sp³-hybridized carbons (Fsp3) is 0.704. The lowest BCUT2D eigenvalue weighted by molar-refractivity contribution is -0.135. The number of piperazine rings is 1. The Morgan fingerprint density at radius 2 is 1.66 bits per heavy atom. The zero-order valence-electron chi connectivity index (χ0n) is 23.1. The van der Waals surface area contributed by atoms with Gasteiger partial charge in [0.25, 0.3) is 0 Å². The molecule has 4 rings (SSSR count). The Kier molecular flexibility index (Phi) is 9.01. The molecule has 0 unspecified atom stereocenters. The van der Waals surface area contributed by atoms with Crippen LogP contribution in [0, 0.1) is 0 Å². The van der Waals surface area contributed by atoms with E-state index < -0.39 is 27.8 Å². The summed E-state index contributed by atoms with van der Waals surface area (Å²) in [7, 11) is -3.29. The summed E-state index contributed by atoms with van der Waals surface area (Å²) >= 11 is 0. The minimum absolute atomic E-state index is 0.201. The van der Waals surface area contributed by atoms with E-state index in [4.69, 9.17) is 4.74 Å². The van der Waals surface area contributed by atoms with E-state index in [-0.39, 0.29) is 19.0 Å². The number of alkyl carbamates (subject to hydrolysis) is 1. The molecule has 2 saturated heterocycles. The van der Waals surface area contributed by atoms with Crippen LogP contribution in [-0.2, 0) is 19.6 Å². The molecule has 2 aliphatic heterocycles. The van der Waals surface area contributed by atoms with Gasteiger partial charge in [-0.15, -0.1) is 0 Å². The molecule has 212 valence electrons. The van der Waals surface area contributed by atoms with E-state index in [0.717, 1.165) is 25.9 Å². The first kappa shape index (κ1) is 28.8. The lowest BCUT2D eigenvalue weighted by Gasteiger charge is -2.38. The molecule has 2 N–H and O–H groups in total. The molecular weight excluding hydrogens is 506 g/mol. The highest BCUT2D eigenvalue weighted by molar-refractivity contribution is 7.88. The summed E-state index contributed by atoms with van der Waals surface area (Å²) in [4.78, 5) is 29.9. The van der Waals surface area contributed by atoms with Crippen LogP contribution in [-0.4, -0.2) is 110 Å². The topological polar surface area (TPSA) is 111 Å². The van der Waals surface area contributed by atoms with E-state index >= 15 is 0 Å². The Morgan fingerprint density at radius 1 is 1.03 bits per heavy atom. The van der Waals surface area contributed by atoms with Gasteiger partial charge in [0.15, 0.2) is 0 Å². The molecule has 3 atom stereocenters. The highest BCUT2D eigenvalue weighted by Crippen LogP contribution is 2.41. The van der Waals surface area contributed by atoms with Crippen molar-refractivity contribution in [3.63, 3.8) is 0 Å². The lowest BCUT2D eigenvalue weighted by Crippen LogP contribution is -2.59. The summed E-state index contributed by atoms with van der Waals surface area (Å²) in [6.45, 7) is 8.53. The van der Waals surface area contributed by atoms with Crippen molar-refractivity contribution in [2.45, 2.75) is 69.7 Å². The van der Waals surface area contributed by atoms with E-state index in [0.29, 0.717) is 37.6 Å². The van der Waals surface area contributed by atoms with E-state index in [1.807, 2.05) is 0 Å². The minimum atomic E-state index is -3.29. The van der Waals surface area contributed by atoms with Crippen LogP contribution >= 0.6 is 0 Å². The predicted molar refractivity (Wildman–Crippen MR) is 146 cm³/mol. The van der Waals surface area contributed by atoms with Gasteiger partial charge < -0.3 is 25.2 Å². The van der Waals surface area contributed by atoms with Gasteiger partial charge in [-0.2, -0.15) is 4.31 Å². The molecule has 3 aliphatic rings. The van der Waals surface area contributed by atoms with E-state index in [2.05, 4.69) is 45.9 Å². The molecule has 11 heteroatoms. The van der Waals surface area contributed by atoms with E-state index in [1.54, 1.807) is 25.7 Å². The van der Waals surface area contributed by atoms with Gasteiger partial charge >= 0.3 is 6.09 Å². The van der Waals surface area contributed by atoms with Crippen molar-refractivity contribution in [1.29, 1.82) is 0 Å². The highest BCUT2D eigenvalue weighted by atomic mass is 32.2. The molecule has 0 bridgehead atoms. The van der Waals surface area contributed by atoms with Crippen molar-refractivity contribution in [2.24, 2.45) is 0 Å². The summed E-state index contributed by atoms with van der Waals surface area (Å²) in [5, 5.41) is 6.61. The fourth-order valence-corrected chi connectivity index (χ4v) is 6.21. The lowest BCUT2D eigenvalue weighted by atomic mass is 10.0. The van der Waals surface area contributed by atoms with Crippen LogP contribution in [0.3, 0.4) is 0 Å². The van der Waals surface area contributed by atoms with Gasteiger partial charge in [0.1, 0.15) is 11.6 Å². The first-order chi connectivity index (χ1) is 17.9. The van der Waals surface area contributed by atoms with Crippen LogP contribution < -0.4 is 10.6 Å². The Morgan fingerprint density at radius 3 is 2.24 bits per heavy atom. The number of ether oxygens (including phenoxy) is 1. The monoisotopic (exact) mass is 549 g/mol. The standard InChI is InChI=1S/C27H43N5O5S/c1-27(2,3)37-26(34)29-24(25(33)31-14-16-32(17-15-31)38(4,35)36)19-30-12-10-21(11-13-30)28-23-18-22(23)20-8-6-5-7-9-20/h5-9,21-24,28H,10-19H2,1-4H3,(H,29,34)/t22-,23+,24-/m0/s1. The second-order valence-electron chi connectivity index (χ2n) is 11.8. The Labute approximate surface area is 227 Å². The number of amides is 2. The Bertz CT molecular complexity index is 1060. The number of carbonyl (C=O) groups excluding carboxylic acids is 2.